The standard InChI is InChI=1S/C15H16Cl2N2O4/c16-10-6-11(19-15(20)21)9-5-8(18-14(9)13(10)17)7-23-12-3-1-2-4-22-12/h5-6,12,18-19H,1-4,7H2,(H,20,21). The number of aromatic nitrogens is 1. The highest BCUT2D eigenvalue weighted by molar-refractivity contribution is 6.45. The quantitative estimate of drug-likeness (QED) is 0.745. The lowest BCUT2D eigenvalue weighted by Crippen LogP contribution is -2.22. The van der Waals surface area contributed by atoms with Gasteiger partial charge in [-0.1, -0.05) is 23.2 Å². The van der Waals surface area contributed by atoms with Gasteiger partial charge in [0.15, 0.2) is 6.29 Å². The summed E-state index contributed by atoms with van der Waals surface area (Å²) in [5, 5.41) is 12.5. The van der Waals surface area contributed by atoms with Crippen LogP contribution in [0, 0.1) is 0 Å². The SMILES string of the molecule is O=C(O)Nc1cc(Cl)c(Cl)c2[nH]c(COC3CCCCO3)cc12. The van der Waals surface area contributed by atoms with Crippen molar-refractivity contribution in [2.45, 2.75) is 32.2 Å². The van der Waals surface area contributed by atoms with E-state index >= 15 is 0 Å². The average molecular weight is 359 g/mol. The van der Waals surface area contributed by atoms with Crippen molar-refractivity contribution < 1.29 is 19.4 Å². The molecule has 0 saturated carbocycles. The van der Waals surface area contributed by atoms with E-state index in [9.17, 15) is 4.79 Å². The molecule has 1 aliphatic heterocycles. The summed E-state index contributed by atoms with van der Waals surface area (Å²) >= 11 is 12.2. The van der Waals surface area contributed by atoms with Crippen molar-refractivity contribution in [2.24, 2.45) is 0 Å². The van der Waals surface area contributed by atoms with E-state index in [4.69, 9.17) is 37.8 Å². The molecule has 1 amide bonds. The summed E-state index contributed by atoms with van der Waals surface area (Å²) in [6.45, 7) is 1.03. The van der Waals surface area contributed by atoms with Crippen LogP contribution in [0.25, 0.3) is 10.9 Å². The number of aromatic amines is 1. The van der Waals surface area contributed by atoms with Gasteiger partial charge in [-0.25, -0.2) is 4.79 Å². The molecule has 124 valence electrons. The maximum absolute atomic E-state index is 10.9. The van der Waals surface area contributed by atoms with Crippen molar-refractivity contribution >= 4 is 45.9 Å². The lowest BCUT2D eigenvalue weighted by Gasteiger charge is -2.22. The van der Waals surface area contributed by atoms with E-state index in [0.717, 1.165) is 25.0 Å². The lowest BCUT2D eigenvalue weighted by atomic mass is 10.2. The molecule has 1 aromatic heterocycles. The van der Waals surface area contributed by atoms with E-state index < -0.39 is 6.09 Å². The predicted octanol–water partition coefficient (Wildman–Crippen LogP) is 4.61. The van der Waals surface area contributed by atoms with Gasteiger partial charge in [-0.05, 0) is 31.4 Å². The first-order valence-electron chi connectivity index (χ1n) is 7.27. The van der Waals surface area contributed by atoms with Crippen molar-refractivity contribution in [1.29, 1.82) is 0 Å². The summed E-state index contributed by atoms with van der Waals surface area (Å²) in [6.07, 6.45) is 1.65. The first-order valence-corrected chi connectivity index (χ1v) is 8.03. The van der Waals surface area contributed by atoms with E-state index in [1.165, 1.54) is 6.07 Å². The number of H-pyrrole nitrogens is 1. The van der Waals surface area contributed by atoms with Crippen LogP contribution >= 0.6 is 23.2 Å². The first kappa shape index (κ1) is 16.4. The van der Waals surface area contributed by atoms with Crippen LogP contribution in [0.15, 0.2) is 12.1 Å². The molecule has 0 aliphatic carbocycles. The number of ether oxygens (including phenoxy) is 2. The first-order chi connectivity index (χ1) is 11.0. The van der Waals surface area contributed by atoms with Crippen molar-refractivity contribution in [2.75, 3.05) is 11.9 Å². The number of halogens is 2. The minimum Gasteiger partial charge on any atom is -0.465 e. The molecule has 6 nitrogen and oxygen atoms in total. The van der Waals surface area contributed by atoms with Crippen molar-refractivity contribution in [3.63, 3.8) is 0 Å². The zero-order valence-corrected chi connectivity index (χ0v) is 13.7. The molecule has 3 rings (SSSR count). The molecule has 1 atom stereocenters. The summed E-state index contributed by atoms with van der Waals surface area (Å²) in [5.41, 5.74) is 1.72. The van der Waals surface area contributed by atoms with E-state index in [1.807, 2.05) is 0 Å². The third-order valence-corrected chi connectivity index (χ3v) is 4.46. The summed E-state index contributed by atoms with van der Waals surface area (Å²) in [5.74, 6) is 0. The largest absolute Gasteiger partial charge is 0.465 e. The fraction of sp³-hybridized carbons (Fsp3) is 0.400. The second-order valence-corrected chi connectivity index (χ2v) is 6.13. The van der Waals surface area contributed by atoms with Crippen molar-refractivity contribution in [3.05, 3.63) is 27.9 Å². The van der Waals surface area contributed by atoms with Crippen molar-refractivity contribution in [3.8, 4) is 0 Å². The Balaban J connectivity index is 1.84. The fourth-order valence-electron chi connectivity index (χ4n) is 2.60. The molecule has 2 heterocycles. The molecular formula is C15H16Cl2N2O4. The molecule has 1 saturated heterocycles. The zero-order valence-electron chi connectivity index (χ0n) is 12.2. The molecular weight excluding hydrogens is 343 g/mol. The molecule has 23 heavy (non-hydrogen) atoms. The summed E-state index contributed by atoms with van der Waals surface area (Å²) in [4.78, 5) is 14.0. The Bertz CT molecular complexity index is 726. The van der Waals surface area contributed by atoms with Crippen LogP contribution in [-0.2, 0) is 16.1 Å². The third kappa shape index (κ3) is 3.72. The zero-order chi connectivity index (χ0) is 16.4. The lowest BCUT2D eigenvalue weighted by molar-refractivity contribution is -0.169. The van der Waals surface area contributed by atoms with Crippen LogP contribution in [0.5, 0.6) is 0 Å². The number of nitrogens with one attached hydrogen (secondary N) is 2. The molecule has 1 aromatic carbocycles. The molecule has 1 unspecified atom stereocenters. The minimum atomic E-state index is -1.17. The average Bonchev–Trinajstić information content (AvgIpc) is 2.96. The maximum atomic E-state index is 10.9. The van der Waals surface area contributed by atoms with Gasteiger partial charge in [0.25, 0.3) is 0 Å². The molecule has 0 radical (unpaired) electrons. The number of hydrogen-bond donors (Lipinski definition) is 3. The summed E-state index contributed by atoms with van der Waals surface area (Å²) in [7, 11) is 0. The maximum Gasteiger partial charge on any atom is 0.409 e. The van der Waals surface area contributed by atoms with E-state index in [0.29, 0.717) is 34.8 Å². The van der Waals surface area contributed by atoms with Gasteiger partial charge in [-0.3, -0.25) is 5.32 Å². The molecule has 1 aliphatic rings. The van der Waals surface area contributed by atoms with E-state index in [-0.39, 0.29) is 11.3 Å². The Labute approximate surface area is 142 Å². The fourth-order valence-corrected chi connectivity index (χ4v) is 3.01. The summed E-state index contributed by atoms with van der Waals surface area (Å²) in [6, 6.07) is 3.29. The van der Waals surface area contributed by atoms with Gasteiger partial charge in [-0.15, -0.1) is 0 Å². The summed E-state index contributed by atoms with van der Waals surface area (Å²) < 4.78 is 11.2. The minimum absolute atomic E-state index is 0.203. The van der Waals surface area contributed by atoms with Gasteiger partial charge in [0.1, 0.15) is 0 Å². The van der Waals surface area contributed by atoms with E-state index in [2.05, 4.69) is 10.3 Å². The van der Waals surface area contributed by atoms with Crippen LogP contribution in [0.1, 0.15) is 25.0 Å². The van der Waals surface area contributed by atoms with Gasteiger partial charge in [0.2, 0.25) is 0 Å². The Kier molecular flexibility index (Phi) is 4.96. The monoisotopic (exact) mass is 358 g/mol. The van der Waals surface area contributed by atoms with Crippen LogP contribution in [0.2, 0.25) is 10.0 Å². The van der Waals surface area contributed by atoms with Crippen LogP contribution in [0.4, 0.5) is 10.5 Å². The second kappa shape index (κ2) is 6.97. The molecule has 8 heteroatoms. The molecule has 2 aromatic rings. The topological polar surface area (TPSA) is 83.6 Å². The number of rotatable bonds is 4. The number of benzene rings is 1. The van der Waals surface area contributed by atoms with Gasteiger partial charge in [0, 0.05) is 17.7 Å². The molecule has 3 N–H and O–H groups in total. The highest BCUT2D eigenvalue weighted by Crippen LogP contribution is 2.36. The number of amides is 1. The van der Waals surface area contributed by atoms with Gasteiger partial charge < -0.3 is 19.6 Å². The van der Waals surface area contributed by atoms with Gasteiger partial charge in [0.05, 0.1) is 27.9 Å². The normalized spacial score (nSPS) is 18.3. The van der Waals surface area contributed by atoms with Gasteiger partial charge >= 0.3 is 6.09 Å². The molecule has 0 spiro atoms. The molecule has 1 fully saturated rings. The number of hydrogen-bond acceptors (Lipinski definition) is 3. The Hall–Kier alpha value is -1.47. The van der Waals surface area contributed by atoms with Crippen LogP contribution in [-0.4, -0.2) is 29.1 Å². The number of carbonyl (C=O) groups is 1. The van der Waals surface area contributed by atoms with E-state index in [1.54, 1.807) is 6.07 Å². The van der Waals surface area contributed by atoms with Crippen LogP contribution < -0.4 is 5.32 Å². The Morgan fingerprint density at radius 2 is 2.26 bits per heavy atom. The smallest absolute Gasteiger partial charge is 0.409 e. The third-order valence-electron chi connectivity index (χ3n) is 3.67. The number of carboxylic acid groups (broad SMARTS) is 1. The highest BCUT2D eigenvalue weighted by atomic mass is 35.5. The Morgan fingerprint density at radius 1 is 1.43 bits per heavy atom. The van der Waals surface area contributed by atoms with Gasteiger partial charge in [-0.2, -0.15) is 0 Å². The number of anilines is 1. The second-order valence-electron chi connectivity index (χ2n) is 5.34. The number of fused-ring (bicyclic) bond motifs is 1. The molecule has 0 bridgehead atoms. The van der Waals surface area contributed by atoms with Crippen LogP contribution in [0.3, 0.4) is 0 Å². The predicted molar refractivity (Wildman–Crippen MR) is 88.3 cm³/mol. The van der Waals surface area contributed by atoms with Crippen molar-refractivity contribution in [1.82, 2.24) is 4.98 Å². The Morgan fingerprint density at radius 3 is 2.96 bits per heavy atom. The highest BCUT2D eigenvalue weighted by Gasteiger charge is 2.17.